The summed E-state index contributed by atoms with van der Waals surface area (Å²) in [4.78, 5) is 11.9. The fraction of sp³-hybridized carbons (Fsp3) is 0.400. The Morgan fingerprint density at radius 3 is 2.62 bits per heavy atom. The summed E-state index contributed by atoms with van der Waals surface area (Å²) >= 11 is 0. The van der Waals surface area contributed by atoms with Crippen LogP contribution in [0.2, 0.25) is 0 Å². The van der Waals surface area contributed by atoms with Crippen molar-refractivity contribution in [2.75, 3.05) is 13.2 Å². The predicted molar refractivity (Wildman–Crippen MR) is 72.6 cm³/mol. The van der Waals surface area contributed by atoms with Crippen LogP contribution in [0.5, 0.6) is 0 Å². The van der Waals surface area contributed by atoms with Gasteiger partial charge in [0, 0.05) is 18.5 Å². The Morgan fingerprint density at radius 1 is 1.24 bits per heavy atom. The number of halogens is 3. The smallest absolute Gasteiger partial charge is 0.384 e. The molecule has 0 saturated heterocycles. The van der Waals surface area contributed by atoms with E-state index in [1.807, 2.05) is 0 Å². The van der Waals surface area contributed by atoms with E-state index in [0.717, 1.165) is 0 Å². The Bertz CT molecular complexity index is 530. The van der Waals surface area contributed by atoms with Gasteiger partial charge in [-0.05, 0) is 25.0 Å². The number of unbranched alkanes of at least 4 members (excludes halogenated alkanes) is 1. The van der Waals surface area contributed by atoms with Crippen molar-refractivity contribution in [1.29, 1.82) is 0 Å². The maximum atomic E-state index is 12.0. The molecule has 1 amide bonds. The first-order chi connectivity index (χ1) is 9.94. The third-order valence-electron chi connectivity index (χ3n) is 2.65. The van der Waals surface area contributed by atoms with Gasteiger partial charge in [0.1, 0.15) is 6.61 Å². The summed E-state index contributed by atoms with van der Waals surface area (Å²) in [5.41, 5.74) is 0.814. The number of benzene rings is 1. The molecule has 0 aromatic heterocycles. The molecule has 0 heterocycles. The van der Waals surface area contributed by atoms with Crippen LogP contribution >= 0.6 is 0 Å². The van der Waals surface area contributed by atoms with E-state index >= 15 is 0 Å². The summed E-state index contributed by atoms with van der Waals surface area (Å²) in [5, 5.41) is 11.2. The molecule has 0 fully saturated rings. The lowest BCUT2D eigenvalue weighted by Gasteiger charge is -2.08. The van der Waals surface area contributed by atoms with E-state index in [1.165, 1.54) is 0 Å². The molecule has 0 atom stereocenters. The number of rotatable bonds is 5. The van der Waals surface area contributed by atoms with Crippen LogP contribution < -0.4 is 5.32 Å². The lowest BCUT2D eigenvalue weighted by atomic mass is 10.1. The highest BCUT2D eigenvalue weighted by molar-refractivity contribution is 5.96. The summed E-state index contributed by atoms with van der Waals surface area (Å²) in [5.74, 6) is 4.72. The summed E-state index contributed by atoms with van der Waals surface area (Å²) in [6, 6.07) is 6.60. The molecule has 2 N–H and O–H groups in total. The van der Waals surface area contributed by atoms with Crippen LogP contribution in [0, 0.1) is 11.8 Å². The number of carbonyl (C=O) groups excluding carboxylic acids is 1. The SMILES string of the molecule is O=C(NCCCCC(F)(F)F)c1ccccc1C#CCO. The summed E-state index contributed by atoms with van der Waals surface area (Å²) in [6.07, 6.45) is -4.76. The minimum Gasteiger partial charge on any atom is -0.384 e. The molecular weight excluding hydrogens is 283 g/mol. The molecule has 1 aromatic rings. The van der Waals surface area contributed by atoms with Crippen LogP contribution in [0.15, 0.2) is 24.3 Å². The third-order valence-corrected chi connectivity index (χ3v) is 2.65. The first-order valence-electron chi connectivity index (χ1n) is 6.48. The Kier molecular flexibility index (Phi) is 6.76. The van der Waals surface area contributed by atoms with Crippen LogP contribution in [0.1, 0.15) is 35.2 Å². The molecule has 0 saturated carbocycles. The number of aliphatic hydroxyl groups is 1. The molecule has 3 nitrogen and oxygen atoms in total. The standard InChI is InChI=1S/C15H16F3NO2/c16-15(17,18)9-3-4-10-19-14(21)13-8-2-1-6-12(13)7-5-11-20/h1-2,6,8,20H,3-4,9-11H2,(H,19,21). The molecular formula is C15H16F3NO2. The van der Waals surface area contributed by atoms with Crippen molar-refractivity contribution in [3.63, 3.8) is 0 Å². The number of hydrogen-bond acceptors (Lipinski definition) is 2. The number of hydrogen-bond donors (Lipinski definition) is 2. The van der Waals surface area contributed by atoms with Crippen LogP contribution in [-0.4, -0.2) is 30.3 Å². The van der Waals surface area contributed by atoms with Gasteiger partial charge in [0.05, 0.1) is 5.56 Å². The Hall–Kier alpha value is -2.00. The largest absolute Gasteiger partial charge is 0.389 e. The Labute approximate surface area is 121 Å². The minimum absolute atomic E-state index is 0.0181. The topological polar surface area (TPSA) is 49.3 Å². The average molecular weight is 299 g/mol. The van der Waals surface area contributed by atoms with E-state index in [1.54, 1.807) is 24.3 Å². The first-order valence-corrected chi connectivity index (χ1v) is 6.48. The molecule has 0 radical (unpaired) electrons. The van der Waals surface area contributed by atoms with E-state index in [0.29, 0.717) is 11.1 Å². The molecule has 21 heavy (non-hydrogen) atoms. The second-order valence-corrected chi connectivity index (χ2v) is 4.33. The van der Waals surface area contributed by atoms with Gasteiger partial charge in [0.2, 0.25) is 0 Å². The highest BCUT2D eigenvalue weighted by Crippen LogP contribution is 2.21. The second kappa shape index (κ2) is 8.32. The van der Waals surface area contributed by atoms with Crippen molar-refractivity contribution in [1.82, 2.24) is 5.32 Å². The molecule has 0 unspecified atom stereocenters. The predicted octanol–water partition coefficient (Wildman–Crippen LogP) is 2.49. The van der Waals surface area contributed by atoms with Crippen molar-refractivity contribution in [2.45, 2.75) is 25.4 Å². The van der Waals surface area contributed by atoms with E-state index in [-0.39, 0.29) is 31.9 Å². The van der Waals surface area contributed by atoms with Crippen LogP contribution in [-0.2, 0) is 0 Å². The third kappa shape index (κ3) is 6.82. The van der Waals surface area contributed by atoms with Crippen molar-refractivity contribution in [2.24, 2.45) is 0 Å². The van der Waals surface area contributed by atoms with Gasteiger partial charge in [0.15, 0.2) is 0 Å². The molecule has 1 rings (SSSR count). The van der Waals surface area contributed by atoms with Crippen molar-refractivity contribution >= 4 is 5.91 Å². The molecule has 0 aliphatic rings. The number of aliphatic hydroxyl groups excluding tert-OH is 1. The molecule has 0 spiro atoms. The van der Waals surface area contributed by atoms with Crippen molar-refractivity contribution in [3.05, 3.63) is 35.4 Å². The lowest BCUT2D eigenvalue weighted by molar-refractivity contribution is -0.135. The number of carbonyl (C=O) groups is 1. The van der Waals surface area contributed by atoms with Crippen LogP contribution in [0.25, 0.3) is 0 Å². The van der Waals surface area contributed by atoms with Crippen LogP contribution in [0.4, 0.5) is 13.2 Å². The summed E-state index contributed by atoms with van der Waals surface area (Å²) < 4.78 is 35.9. The van der Waals surface area contributed by atoms with Crippen LogP contribution in [0.3, 0.4) is 0 Å². The minimum atomic E-state index is -4.16. The Balaban J connectivity index is 2.49. The van der Waals surface area contributed by atoms with Gasteiger partial charge in [-0.3, -0.25) is 4.79 Å². The van der Waals surface area contributed by atoms with Crippen molar-refractivity contribution < 1.29 is 23.1 Å². The lowest BCUT2D eigenvalue weighted by Crippen LogP contribution is -2.25. The molecule has 0 aliphatic heterocycles. The normalized spacial score (nSPS) is 10.7. The first kappa shape index (κ1) is 17.1. The van der Waals surface area contributed by atoms with Gasteiger partial charge in [-0.2, -0.15) is 13.2 Å². The fourth-order valence-electron chi connectivity index (χ4n) is 1.67. The van der Waals surface area contributed by atoms with Gasteiger partial charge >= 0.3 is 6.18 Å². The second-order valence-electron chi connectivity index (χ2n) is 4.33. The quantitative estimate of drug-likeness (QED) is 0.648. The average Bonchev–Trinajstić information content (AvgIpc) is 2.43. The van der Waals surface area contributed by atoms with E-state index < -0.39 is 12.6 Å². The number of alkyl halides is 3. The zero-order valence-electron chi connectivity index (χ0n) is 11.3. The van der Waals surface area contributed by atoms with Gasteiger partial charge in [-0.1, -0.05) is 24.0 Å². The van der Waals surface area contributed by atoms with E-state index in [2.05, 4.69) is 17.2 Å². The zero-order valence-corrected chi connectivity index (χ0v) is 11.3. The van der Waals surface area contributed by atoms with Gasteiger partial charge < -0.3 is 10.4 Å². The maximum Gasteiger partial charge on any atom is 0.389 e. The van der Waals surface area contributed by atoms with Gasteiger partial charge in [0.25, 0.3) is 5.91 Å². The van der Waals surface area contributed by atoms with Crippen molar-refractivity contribution in [3.8, 4) is 11.8 Å². The van der Waals surface area contributed by atoms with E-state index in [9.17, 15) is 18.0 Å². The Morgan fingerprint density at radius 2 is 1.95 bits per heavy atom. The van der Waals surface area contributed by atoms with Gasteiger partial charge in [-0.25, -0.2) is 0 Å². The maximum absolute atomic E-state index is 12.0. The van der Waals surface area contributed by atoms with E-state index in [4.69, 9.17) is 5.11 Å². The molecule has 114 valence electrons. The molecule has 0 bridgehead atoms. The zero-order chi connectivity index (χ0) is 15.7. The highest BCUT2D eigenvalue weighted by Gasteiger charge is 2.25. The summed E-state index contributed by atoms with van der Waals surface area (Å²) in [6.45, 7) is -0.135. The fourth-order valence-corrected chi connectivity index (χ4v) is 1.67. The number of nitrogens with one attached hydrogen (secondary N) is 1. The number of amides is 1. The molecule has 0 aliphatic carbocycles. The summed E-state index contributed by atoms with van der Waals surface area (Å²) in [7, 11) is 0. The molecule has 6 heteroatoms. The monoisotopic (exact) mass is 299 g/mol. The highest BCUT2D eigenvalue weighted by atomic mass is 19.4. The van der Waals surface area contributed by atoms with Gasteiger partial charge in [-0.15, -0.1) is 0 Å². The molecule has 1 aromatic carbocycles.